The number of carbonyl (C=O) groups is 1. The van der Waals surface area contributed by atoms with Crippen LogP contribution in [0.4, 0.5) is 0 Å². The van der Waals surface area contributed by atoms with Crippen molar-refractivity contribution in [3.63, 3.8) is 0 Å². The first-order valence-electron chi connectivity index (χ1n) is 6.44. The van der Waals surface area contributed by atoms with Crippen LogP contribution >= 0.6 is 0 Å². The minimum Gasteiger partial charge on any atom is -0.350 e. The standard InChI is InChI=1S/C14H19NO3/c16-13(10-9-12-6-2-1-3-7-12)15-18-14-8-4-5-11-17-14/h1-3,6-7,14H,4-5,8-11H2,(H,15,16)/t14-/m1/s1. The smallest absolute Gasteiger partial charge is 0.243 e. The lowest BCUT2D eigenvalue weighted by atomic mass is 10.1. The first-order valence-corrected chi connectivity index (χ1v) is 6.44. The second-order valence-corrected chi connectivity index (χ2v) is 4.42. The molecule has 0 aromatic heterocycles. The molecule has 0 unspecified atom stereocenters. The van der Waals surface area contributed by atoms with Crippen molar-refractivity contribution in [2.45, 2.75) is 38.4 Å². The Morgan fingerprint density at radius 3 is 2.89 bits per heavy atom. The Labute approximate surface area is 107 Å². The average molecular weight is 249 g/mol. The van der Waals surface area contributed by atoms with E-state index in [1.165, 1.54) is 0 Å². The largest absolute Gasteiger partial charge is 0.350 e. The molecule has 1 aliphatic rings. The lowest BCUT2D eigenvalue weighted by molar-refractivity contribution is -0.200. The van der Waals surface area contributed by atoms with Crippen LogP contribution < -0.4 is 5.48 Å². The number of carbonyl (C=O) groups excluding carboxylic acids is 1. The van der Waals surface area contributed by atoms with Gasteiger partial charge in [-0.2, -0.15) is 0 Å². The molecule has 0 saturated carbocycles. The Bertz CT molecular complexity index is 361. The molecule has 1 heterocycles. The number of rotatable bonds is 5. The van der Waals surface area contributed by atoms with Gasteiger partial charge < -0.3 is 4.74 Å². The van der Waals surface area contributed by atoms with Crippen molar-refractivity contribution in [3.05, 3.63) is 35.9 Å². The zero-order valence-corrected chi connectivity index (χ0v) is 10.4. The van der Waals surface area contributed by atoms with Gasteiger partial charge in [-0.25, -0.2) is 10.3 Å². The quantitative estimate of drug-likeness (QED) is 0.814. The van der Waals surface area contributed by atoms with Crippen molar-refractivity contribution >= 4 is 5.91 Å². The van der Waals surface area contributed by atoms with Gasteiger partial charge in [-0.05, 0) is 24.8 Å². The second-order valence-electron chi connectivity index (χ2n) is 4.42. The van der Waals surface area contributed by atoms with E-state index in [2.05, 4.69) is 5.48 Å². The highest BCUT2D eigenvalue weighted by atomic mass is 16.8. The van der Waals surface area contributed by atoms with Crippen molar-refractivity contribution < 1.29 is 14.4 Å². The molecule has 0 aliphatic carbocycles. The van der Waals surface area contributed by atoms with Gasteiger partial charge in [0.05, 0.1) is 0 Å². The summed E-state index contributed by atoms with van der Waals surface area (Å²) in [5.41, 5.74) is 3.61. The third-order valence-corrected chi connectivity index (χ3v) is 2.93. The highest BCUT2D eigenvalue weighted by molar-refractivity contribution is 5.75. The molecule has 4 heteroatoms. The predicted molar refractivity (Wildman–Crippen MR) is 67.6 cm³/mol. The molecule has 1 aromatic carbocycles. The Kier molecular flexibility index (Phi) is 5.17. The van der Waals surface area contributed by atoms with Crippen LogP contribution in [0.25, 0.3) is 0 Å². The summed E-state index contributed by atoms with van der Waals surface area (Å²) in [5, 5.41) is 0. The maximum atomic E-state index is 11.6. The highest BCUT2D eigenvalue weighted by Crippen LogP contribution is 2.12. The topological polar surface area (TPSA) is 47.6 Å². The third-order valence-electron chi connectivity index (χ3n) is 2.93. The summed E-state index contributed by atoms with van der Waals surface area (Å²) in [5.74, 6) is -0.104. The maximum Gasteiger partial charge on any atom is 0.243 e. The van der Waals surface area contributed by atoms with Gasteiger partial charge >= 0.3 is 0 Å². The number of nitrogens with one attached hydrogen (secondary N) is 1. The van der Waals surface area contributed by atoms with Crippen molar-refractivity contribution in [1.29, 1.82) is 0 Å². The molecule has 1 atom stereocenters. The van der Waals surface area contributed by atoms with E-state index in [0.29, 0.717) is 13.0 Å². The van der Waals surface area contributed by atoms with Gasteiger partial charge in [0, 0.05) is 19.4 Å². The normalized spacial score (nSPS) is 19.4. The SMILES string of the molecule is O=C(CCc1ccccc1)NO[C@@H]1CCCCO1. The Balaban J connectivity index is 1.63. The monoisotopic (exact) mass is 249 g/mol. The summed E-state index contributed by atoms with van der Waals surface area (Å²) in [6.45, 7) is 0.713. The molecule has 1 aromatic rings. The second kappa shape index (κ2) is 7.13. The molecule has 98 valence electrons. The summed E-state index contributed by atoms with van der Waals surface area (Å²) in [6.07, 6.45) is 3.88. The molecule has 1 N–H and O–H groups in total. The Morgan fingerprint density at radius 2 is 2.17 bits per heavy atom. The number of ether oxygens (including phenoxy) is 1. The Hall–Kier alpha value is -1.39. The van der Waals surface area contributed by atoms with E-state index in [1.807, 2.05) is 30.3 Å². The summed E-state index contributed by atoms with van der Waals surface area (Å²) in [6, 6.07) is 9.93. The molecule has 1 amide bonds. The van der Waals surface area contributed by atoms with E-state index < -0.39 is 0 Å². The van der Waals surface area contributed by atoms with Gasteiger partial charge in [0.15, 0.2) is 6.29 Å². The predicted octanol–water partition coefficient (Wildman–Crippen LogP) is 2.19. The number of benzene rings is 1. The first-order chi connectivity index (χ1) is 8.84. The van der Waals surface area contributed by atoms with E-state index >= 15 is 0 Å². The molecule has 18 heavy (non-hydrogen) atoms. The minimum atomic E-state index is -0.278. The maximum absolute atomic E-state index is 11.6. The average Bonchev–Trinajstić information content (AvgIpc) is 2.45. The molecule has 4 nitrogen and oxygen atoms in total. The number of aryl methyl sites for hydroxylation is 1. The van der Waals surface area contributed by atoms with Gasteiger partial charge in [0.2, 0.25) is 5.91 Å². The van der Waals surface area contributed by atoms with Crippen LogP contribution in [0.15, 0.2) is 30.3 Å². The van der Waals surface area contributed by atoms with Crippen LogP contribution in [0.1, 0.15) is 31.2 Å². The fourth-order valence-corrected chi connectivity index (χ4v) is 1.89. The zero-order chi connectivity index (χ0) is 12.6. The fraction of sp³-hybridized carbons (Fsp3) is 0.500. The molecular weight excluding hydrogens is 230 g/mol. The molecule has 1 fully saturated rings. The van der Waals surface area contributed by atoms with E-state index in [-0.39, 0.29) is 12.2 Å². The van der Waals surface area contributed by atoms with Gasteiger partial charge in [-0.1, -0.05) is 30.3 Å². The lowest BCUT2D eigenvalue weighted by Crippen LogP contribution is -2.33. The molecule has 2 rings (SSSR count). The van der Waals surface area contributed by atoms with E-state index in [9.17, 15) is 4.79 Å². The highest BCUT2D eigenvalue weighted by Gasteiger charge is 2.15. The van der Waals surface area contributed by atoms with Gasteiger partial charge in [0.1, 0.15) is 0 Å². The summed E-state index contributed by atoms with van der Waals surface area (Å²) < 4.78 is 5.35. The van der Waals surface area contributed by atoms with Crippen LogP contribution in [0.5, 0.6) is 0 Å². The van der Waals surface area contributed by atoms with Gasteiger partial charge in [-0.3, -0.25) is 4.79 Å². The molecule has 1 aliphatic heterocycles. The van der Waals surface area contributed by atoms with Crippen LogP contribution in [0, 0.1) is 0 Å². The number of hydrogen-bond acceptors (Lipinski definition) is 3. The molecule has 0 radical (unpaired) electrons. The van der Waals surface area contributed by atoms with Crippen molar-refractivity contribution in [2.24, 2.45) is 0 Å². The number of hydrogen-bond donors (Lipinski definition) is 1. The third kappa shape index (κ3) is 4.47. The lowest BCUT2D eigenvalue weighted by Gasteiger charge is -2.22. The van der Waals surface area contributed by atoms with Crippen molar-refractivity contribution in [1.82, 2.24) is 5.48 Å². The minimum absolute atomic E-state index is 0.104. The van der Waals surface area contributed by atoms with Crippen LogP contribution in [0.3, 0.4) is 0 Å². The van der Waals surface area contributed by atoms with Crippen LogP contribution in [0.2, 0.25) is 0 Å². The Morgan fingerprint density at radius 1 is 1.33 bits per heavy atom. The van der Waals surface area contributed by atoms with Crippen LogP contribution in [-0.4, -0.2) is 18.8 Å². The number of amides is 1. The summed E-state index contributed by atoms with van der Waals surface area (Å²) >= 11 is 0. The van der Waals surface area contributed by atoms with Crippen molar-refractivity contribution in [2.75, 3.05) is 6.61 Å². The molecule has 0 spiro atoms. The summed E-state index contributed by atoms with van der Waals surface area (Å²) in [4.78, 5) is 16.8. The first kappa shape index (κ1) is 13.1. The van der Waals surface area contributed by atoms with Gasteiger partial charge in [-0.15, -0.1) is 0 Å². The van der Waals surface area contributed by atoms with Crippen LogP contribution in [-0.2, 0) is 20.8 Å². The molecule has 0 bridgehead atoms. The molecule has 1 saturated heterocycles. The van der Waals surface area contributed by atoms with E-state index in [4.69, 9.17) is 9.57 Å². The summed E-state index contributed by atoms with van der Waals surface area (Å²) in [7, 11) is 0. The van der Waals surface area contributed by atoms with E-state index in [1.54, 1.807) is 0 Å². The van der Waals surface area contributed by atoms with E-state index in [0.717, 1.165) is 31.2 Å². The van der Waals surface area contributed by atoms with Crippen molar-refractivity contribution in [3.8, 4) is 0 Å². The molecular formula is C14H19NO3. The zero-order valence-electron chi connectivity index (χ0n) is 10.4. The number of hydroxylamine groups is 1. The fourth-order valence-electron chi connectivity index (χ4n) is 1.89. The van der Waals surface area contributed by atoms with Gasteiger partial charge in [0.25, 0.3) is 0 Å².